The number of hydrogen-bond donors (Lipinski definition) is 0. The van der Waals surface area contributed by atoms with E-state index in [1.54, 1.807) is 0 Å². The summed E-state index contributed by atoms with van der Waals surface area (Å²) >= 11 is 0. The van der Waals surface area contributed by atoms with Crippen LogP contribution in [0.15, 0.2) is 109 Å². The average molecular weight is 330 g/mol. The maximum absolute atomic E-state index is 2.33. The van der Waals surface area contributed by atoms with Crippen molar-refractivity contribution in [1.82, 2.24) is 0 Å². The Bertz CT molecular complexity index is 1100. The Morgan fingerprint density at radius 1 is 0.346 bits per heavy atom. The van der Waals surface area contributed by atoms with E-state index in [0.29, 0.717) is 0 Å². The Morgan fingerprint density at radius 3 is 1.19 bits per heavy atom. The molecular weight excluding hydrogens is 312 g/mol. The van der Waals surface area contributed by atoms with Gasteiger partial charge in [-0.25, -0.2) is 0 Å². The maximum Gasteiger partial charge on any atom is -0.00990 e. The van der Waals surface area contributed by atoms with Gasteiger partial charge in [0.25, 0.3) is 0 Å². The molecule has 0 aromatic heterocycles. The highest BCUT2D eigenvalue weighted by Crippen LogP contribution is 2.35. The van der Waals surface area contributed by atoms with Gasteiger partial charge in [-0.2, -0.15) is 0 Å². The van der Waals surface area contributed by atoms with Crippen LogP contribution >= 0.6 is 0 Å². The highest BCUT2D eigenvalue weighted by atomic mass is 14.1. The monoisotopic (exact) mass is 330 g/mol. The van der Waals surface area contributed by atoms with Gasteiger partial charge in [0.15, 0.2) is 0 Å². The summed E-state index contributed by atoms with van der Waals surface area (Å²) < 4.78 is 0. The Balaban J connectivity index is 1.81. The molecule has 5 aromatic carbocycles. The van der Waals surface area contributed by atoms with Gasteiger partial charge in [0.05, 0.1) is 0 Å². The second kappa shape index (κ2) is 6.16. The Morgan fingerprint density at radius 2 is 0.769 bits per heavy atom. The summed E-state index contributed by atoms with van der Waals surface area (Å²) in [6.45, 7) is 0. The second-order valence-corrected chi connectivity index (χ2v) is 6.64. The van der Waals surface area contributed by atoms with Crippen molar-refractivity contribution in [2.24, 2.45) is 0 Å². The molecule has 0 nitrogen and oxygen atoms in total. The first-order valence-electron chi connectivity index (χ1n) is 8.96. The summed E-state index contributed by atoms with van der Waals surface area (Å²) in [6, 6.07) is 39.1. The van der Waals surface area contributed by atoms with Gasteiger partial charge in [-0.15, -0.1) is 0 Å². The topological polar surface area (TPSA) is 0 Å². The van der Waals surface area contributed by atoms with E-state index in [0.717, 1.165) is 0 Å². The molecule has 26 heavy (non-hydrogen) atoms. The lowest BCUT2D eigenvalue weighted by Gasteiger charge is -2.12. The molecule has 0 aliphatic rings. The second-order valence-electron chi connectivity index (χ2n) is 6.64. The Hall–Kier alpha value is -3.38. The molecule has 0 aliphatic carbocycles. The first-order valence-corrected chi connectivity index (χ1v) is 8.96. The van der Waals surface area contributed by atoms with Crippen LogP contribution in [-0.2, 0) is 0 Å². The zero-order chi connectivity index (χ0) is 17.3. The van der Waals surface area contributed by atoms with Crippen molar-refractivity contribution in [2.75, 3.05) is 0 Å². The molecule has 0 heteroatoms. The summed E-state index contributed by atoms with van der Waals surface area (Å²) in [7, 11) is 0. The van der Waals surface area contributed by atoms with Gasteiger partial charge in [0.2, 0.25) is 0 Å². The average Bonchev–Trinajstić information content (AvgIpc) is 2.72. The van der Waals surface area contributed by atoms with Crippen molar-refractivity contribution in [3.8, 4) is 22.3 Å². The molecule has 0 heterocycles. The first-order chi connectivity index (χ1) is 12.9. The van der Waals surface area contributed by atoms with Crippen molar-refractivity contribution < 1.29 is 0 Å². The van der Waals surface area contributed by atoms with Gasteiger partial charge < -0.3 is 0 Å². The summed E-state index contributed by atoms with van der Waals surface area (Å²) in [5, 5.41) is 5.16. The lowest BCUT2D eigenvalue weighted by Crippen LogP contribution is -1.85. The number of rotatable bonds is 2. The number of fused-ring (bicyclic) bond motifs is 2. The predicted octanol–water partition coefficient (Wildman–Crippen LogP) is 7.33. The molecule has 0 N–H and O–H groups in total. The fourth-order valence-electron chi connectivity index (χ4n) is 3.79. The van der Waals surface area contributed by atoms with Crippen molar-refractivity contribution in [3.05, 3.63) is 109 Å². The predicted molar refractivity (Wildman–Crippen MR) is 112 cm³/mol. The molecule has 0 unspecified atom stereocenters. The summed E-state index contributed by atoms with van der Waals surface area (Å²) in [4.78, 5) is 0. The largest absolute Gasteiger partial charge is 0.0622 e. The van der Waals surface area contributed by atoms with Gasteiger partial charge in [0, 0.05) is 0 Å². The molecule has 5 rings (SSSR count). The smallest absolute Gasteiger partial charge is 0.00990 e. The lowest BCUT2D eigenvalue weighted by atomic mass is 9.92. The normalized spacial score (nSPS) is 11.1. The van der Waals surface area contributed by atoms with Crippen LogP contribution in [0.25, 0.3) is 43.8 Å². The van der Waals surface area contributed by atoms with Gasteiger partial charge >= 0.3 is 0 Å². The summed E-state index contributed by atoms with van der Waals surface area (Å²) in [6.07, 6.45) is 0. The Labute approximate surface area is 153 Å². The van der Waals surface area contributed by atoms with Crippen LogP contribution in [0.3, 0.4) is 0 Å². The molecule has 122 valence electrons. The van der Waals surface area contributed by atoms with Crippen molar-refractivity contribution in [2.45, 2.75) is 0 Å². The minimum atomic E-state index is 1.26. The van der Waals surface area contributed by atoms with Crippen LogP contribution < -0.4 is 0 Å². The third kappa shape index (κ3) is 2.48. The zero-order valence-corrected chi connectivity index (χ0v) is 14.4. The number of hydrogen-bond acceptors (Lipinski definition) is 0. The van der Waals surface area contributed by atoms with Crippen molar-refractivity contribution >= 4 is 21.5 Å². The molecule has 0 spiro atoms. The Kier molecular flexibility index (Phi) is 3.54. The molecule has 0 saturated heterocycles. The van der Waals surface area contributed by atoms with E-state index >= 15 is 0 Å². The van der Waals surface area contributed by atoms with E-state index in [2.05, 4.69) is 109 Å². The SMILES string of the molecule is c1ccc(-c2cccc3cc4c(-c5ccccc5)cccc4cc23)cc1. The van der Waals surface area contributed by atoms with E-state index in [9.17, 15) is 0 Å². The van der Waals surface area contributed by atoms with Crippen LogP contribution in [0.4, 0.5) is 0 Å². The van der Waals surface area contributed by atoms with E-state index in [-0.39, 0.29) is 0 Å². The van der Waals surface area contributed by atoms with Crippen LogP contribution in [0.1, 0.15) is 0 Å². The first kappa shape index (κ1) is 14.9. The van der Waals surface area contributed by atoms with Gasteiger partial charge in [-0.1, -0.05) is 97.1 Å². The minimum absolute atomic E-state index is 1.26. The highest BCUT2D eigenvalue weighted by Gasteiger charge is 2.08. The van der Waals surface area contributed by atoms with Gasteiger partial charge in [0.1, 0.15) is 0 Å². The minimum Gasteiger partial charge on any atom is -0.0622 e. The molecule has 0 bridgehead atoms. The molecule has 0 saturated carbocycles. The maximum atomic E-state index is 2.33. The van der Waals surface area contributed by atoms with E-state index in [4.69, 9.17) is 0 Å². The standard InChI is InChI=1S/C26H18/c1-3-9-19(10-4-1)23-15-7-13-21-18-26-22(17-25(21)23)14-8-16-24(26)20-11-5-2-6-12-20/h1-18H. The highest BCUT2D eigenvalue weighted by molar-refractivity contribution is 6.08. The fraction of sp³-hybridized carbons (Fsp3) is 0. The van der Waals surface area contributed by atoms with Gasteiger partial charge in [-0.3, -0.25) is 0 Å². The molecule has 0 amide bonds. The van der Waals surface area contributed by atoms with Crippen LogP contribution in [-0.4, -0.2) is 0 Å². The number of benzene rings is 5. The molecule has 0 atom stereocenters. The molecule has 0 fully saturated rings. The quantitative estimate of drug-likeness (QED) is 0.297. The molecule has 0 aliphatic heterocycles. The van der Waals surface area contributed by atoms with Gasteiger partial charge in [-0.05, 0) is 55.9 Å². The fourth-order valence-corrected chi connectivity index (χ4v) is 3.79. The zero-order valence-electron chi connectivity index (χ0n) is 14.4. The molecular formula is C26H18. The third-order valence-electron chi connectivity index (χ3n) is 5.05. The van der Waals surface area contributed by atoms with Crippen molar-refractivity contribution in [1.29, 1.82) is 0 Å². The lowest BCUT2D eigenvalue weighted by molar-refractivity contribution is 1.65. The van der Waals surface area contributed by atoms with Crippen molar-refractivity contribution in [3.63, 3.8) is 0 Å². The van der Waals surface area contributed by atoms with E-state index in [1.807, 2.05) is 0 Å². The molecule has 5 aromatic rings. The van der Waals surface area contributed by atoms with E-state index in [1.165, 1.54) is 43.8 Å². The van der Waals surface area contributed by atoms with Crippen LogP contribution in [0.2, 0.25) is 0 Å². The van der Waals surface area contributed by atoms with Crippen LogP contribution in [0.5, 0.6) is 0 Å². The summed E-state index contributed by atoms with van der Waals surface area (Å²) in [5.74, 6) is 0. The summed E-state index contributed by atoms with van der Waals surface area (Å²) in [5.41, 5.74) is 5.10. The van der Waals surface area contributed by atoms with E-state index < -0.39 is 0 Å². The third-order valence-corrected chi connectivity index (χ3v) is 5.05. The molecule has 0 radical (unpaired) electrons. The van der Waals surface area contributed by atoms with Crippen LogP contribution in [0, 0.1) is 0 Å².